The maximum absolute atomic E-state index is 11.9. The molecule has 1 fully saturated rings. The first-order valence-corrected chi connectivity index (χ1v) is 7.13. The summed E-state index contributed by atoms with van der Waals surface area (Å²) >= 11 is 0. The second-order valence-corrected chi connectivity index (χ2v) is 5.44. The minimum atomic E-state index is -1.26. The molecule has 0 aromatic rings. The van der Waals surface area contributed by atoms with Crippen molar-refractivity contribution >= 4 is 17.8 Å². The number of amides is 1. The lowest BCUT2D eigenvalue weighted by Gasteiger charge is -2.18. The van der Waals surface area contributed by atoms with E-state index in [4.69, 9.17) is 10.2 Å². The molecule has 0 saturated carbocycles. The zero-order valence-electron chi connectivity index (χ0n) is 12.8. The van der Waals surface area contributed by atoms with Crippen LogP contribution in [0, 0.1) is 0 Å². The Morgan fingerprint density at radius 2 is 1.73 bits per heavy atom. The van der Waals surface area contributed by atoms with E-state index in [0.717, 1.165) is 18.4 Å². The van der Waals surface area contributed by atoms with Crippen molar-refractivity contribution in [1.82, 2.24) is 10.2 Å². The van der Waals surface area contributed by atoms with Crippen LogP contribution in [0.2, 0.25) is 0 Å². The molecule has 3 N–H and O–H groups in total. The summed E-state index contributed by atoms with van der Waals surface area (Å²) in [5, 5.41) is 19.1. The van der Waals surface area contributed by atoms with E-state index in [9.17, 15) is 14.4 Å². The third-order valence-corrected chi connectivity index (χ3v) is 3.52. The lowest BCUT2D eigenvalue weighted by atomic mass is 9.99. The molecular formula is C15H22N2O5. The zero-order chi connectivity index (χ0) is 16.7. The van der Waals surface area contributed by atoms with Gasteiger partial charge in [-0.3, -0.25) is 4.79 Å². The third kappa shape index (κ3) is 5.69. The molecule has 0 aromatic heterocycles. The highest BCUT2D eigenvalue weighted by molar-refractivity contribution is 5.94. The normalized spacial score (nSPS) is 23.1. The highest BCUT2D eigenvalue weighted by Gasteiger charge is 2.31. The number of carboxylic acid groups (broad SMARTS) is 2. The van der Waals surface area contributed by atoms with Crippen LogP contribution >= 0.6 is 0 Å². The standard InChI is InChI=1S/C11H18N2O.C4H4O4/c1-13(2)11(14)9-5-3-4-8-6-7-10(9)12-8;5-3(6)1-2-4(7)8/h5,8,10,12H,3-4,6-7H2,1-2H3;1-2H,(H,5,6)(H,7,8). The Morgan fingerprint density at radius 1 is 1.14 bits per heavy atom. The number of nitrogens with zero attached hydrogens (tertiary/aromatic N) is 1. The summed E-state index contributed by atoms with van der Waals surface area (Å²) in [7, 11) is 3.64. The summed E-state index contributed by atoms with van der Waals surface area (Å²) < 4.78 is 0. The van der Waals surface area contributed by atoms with E-state index in [0.29, 0.717) is 24.2 Å². The zero-order valence-corrected chi connectivity index (χ0v) is 12.8. The van der Waals surface area contributed by atoms with Crippen LogP contribution in [-0.4, -0.2) is 59.1 Å². The molecule has 2 rings (SSSR count). The van der Waals surface area contributed by atoms with Crippen LogP contribution in [0.4, 0.5) is 0 Å². The Balaban J connectivity index is 0.000000261. The van der Waals surface area contributed by atoms with Gasteiger partial charge in [-0.1, -0.05) is 6.08 Å². The number of aliphatic carboxylic acids is 2. The molecule has 1 saturated heterocycles. The first-order valence-electron chi connectivity index (χ1n) is 7.13. The van der Waals surface area contributed by atoms with Gasteiger partial charge in [0.25, 0.3) is 5.91 Å². The van der Waals surface area contributed by atoms with Crippen molar-refractivity contribution in [3.05, 3.63) is 23.8 Å². The number of carbonyl (C=O) groups is 3. The number of hydrogen-bond donors (Lipinski definition) is 3. The first kappa shape index (κ1) is 17.9. The largest absolute Gasteiger partial charge is 0.478 e. The molecule has 22 heavy (non-hydrogen) atoms. The van der Waals surface area contributed by atoms with E-state index in [1.807, 2.05) is 14.1 Å². The van der Waals surface area contributed by atoms with Crippen LogP contribution in [0.1, 0.15) is 25.7 Å². The summed E-state index contributed by atoms with van der Waals surface area (Å²) in [6.45, 7) is 0. The molecule has 0 radical (unpaired) electrons. The van der Waals surface area contributed by atoms with Crippen molar-refractivity contribution in [2.75, 3.05) is 14.1 Å². The van der Waals surface area contributed by atoms with E-state index in [1.54, 1.807) is 4.90 Å². The van der Waals surface area contributed by atoms with Crippen molar-refractivity contribution in [1.29, 1.82) is 0 Å². The van der Waals surface area contributed by atoms with Gasteiger partial charge < -0.3 is 20.4 Å². The summed E-state index contributed by atoms with van der Waals surface area (Å²) in [6.07, 6.45) is 7.81. The number of carbonyl (C=O) groups excluding carboxylic acids is 1. The van der Waals surface area contributed by atoms with Crippen LogP contribution < -0.4 is 5.32 Å². The fourth-order valence-corrected chi connectivity index (χ4v) is 2.51. The van der Waals surface area contributed by atoms with Gasteiger partial charge >= 0.3 is 11.9 Å². The minimum Gasteiger partial charge on any atom is -0.478 e. The smallest absolute Gasteiger partial charge is 0.328 e. The van der Waals surface area contributed by atoms with Gasteiger partial charge in [0.15, 0.2) is 0 Å². The predicted molar refractivity (Wildman–Crippen MR) is 80.4 cm³/mol. The number of carboxylic acids is 2. The quantitative estimate of drug-likeness (QED) is 0.660. The Kier molecular flexibility index (Phi) is 6.78. The highest BCUT2D eigenvalue weighted by atomic mass is 16.4. The van der Waals surface area contributed by atoms with Gasteiger partial charge in [0, 0.05) is 43.9 Å². The predicted octanol–water partition coefficient (Wildman–Crippen LogP) is 0.627. The van der Waals surface area contributed by atoms with Gasteiger partial charge in [0.05, 0.1) is 0 Å². The molecule has 2 aliphatic heterocycles. The summed E-state index contributed by atoms with van der Waals surface area (Å²) in [4.78, 5) is 32.6. The molecule has 7 heteroatoms. The Labute approximate surface area is 129 Å². The van der Waals surface area contributed by atoms with E-state index in [-0.39, 0.29) is 5.91 Å². The molecule has 0 aromatic carbocycles. The van der Waals surface area contributed by atoms with E-state index < -0.39 is 11.9 Å². The Morgan fingerprint density at radius 3 is 2.23 bits per heavy atom. The number of fused-ring (bicyclic) bond motifs is 2. The number of rotatable bonds is 3. The highest BCUT2D eigenvalue weighted by Crippen LogP contribution is 2.26. The van der Waals surface area contributed by atoms with Gasteiger partial charge in [-0.15, -0.1) is 0 Å². The molecular weight excluding hydrogens is 288 g/mol. The van der Waals surface area contributed by atoms with Gasteiger partial charge in [0.2, 0.25) is 0 Å². The molecule has 0 aliphatic carbocycles. The molecule has 7 nitrogen and oxygen atoms in total. The monoisotopic (exact) mass is 310 g/mol. The van der Waals surface area contributed by atoms with Gasteiger partial charge in [0.1, 0.15) is 0 Å². The molecule has 2 unspecified atom stereocenters. The molecule has 2 aliphatic rings. The number of hydrogen-bond acceptors (Lipinski definition) is 4. The summed E-state index contributed by atoms with van der Waals surface area (Å²) in [6, 6.07) is 0.959. The fraction of sp³-hybridized carbons (Fsp3) is 0.533. The van der Waals surface area contributed by atoms with Crippen LogP contribution in [0.25, 0.3) is 0 Å². The van der Waals surface area contributed by atoms with Crippen molar-refractivity contribution in [3.8, 4) is 0 Å². The van der Waals surface area contributed by atoms with Gasteiger partial charge in [-0.2, -0.15) is 0 Å². The molecule has 2 bridgehead atoms. The summed E-state index contributed by atoms with van der Waals surface area (Å²) in [5.74, 6) is -2.34. The van der Waals surface area contributed by atoms with Crippen molar-refractivity contribution in [3.63, 3.8) is 0 Å². The third-order valence-electron chi connectivity index (χ3n) is 3.52. The maximum Gasteiger partial charge on any atom is 0.328 e. The average Bonchev–Trinajstić information content (AvgIpc) is 2.78. The number of allylic oxidation sites excluding steroid dienone is 1. The topological polar surface area (TPSA) is 107 Å². The second kappa shape index (κ2) is 8.33. The molecule has 122 valence electrons. The minimum absolute atomic E-state index is 0.171. The van der Waals surface area contributed by atoms with Gasteiger partial charge in [-0.05, 0) is 25.7 Å². The van der Waals surface area contributed by atoms with Crippen LogP contribution in [0.15, 0.2) is 23.8 Å². The second-order valence-electron chi connectivity index (χ2n) is 5.44. The van der Waals surface area contributed by atoms with Crippen molar-refractivity contribution < 1.29 is 24.6 Å². The first-order chi connectivity index (χ1) is 10.3. The number of nitrogens with one attached hydrogen (secondary N) is 1. The molecule has 0 spiro atoms. The maximum atomic E-state index is 11.9. The lowest BCUT2D eigenvalue weighted by Crippen LogP contribution is -2.35. The van der Waals surface area contributed by atoms with E-state index in [1.165, 1.54) is 12.8 Å². The van der Waals surface area contributed by atoms with E-state index in [2.05, 4.69) is 11.4 Å². The number of likely N-dealkylation sites (N-methyl/N-ethyl adjacent to an activating group) is 1. The summed E-state index contributed by atoms with van der Waals surface area (Å²) in [5.41, 5.74) is 0.981. The SMILES string of the molecule is CN(C)C(=O)C1=CCCC2CCC1N2.O=C(O)C=CC(=O)O. The van der Waals surface area contributed by atoms with Crippen molar-refractivity contribution in [2.24, 2.45) is 0 Å². The fourth-order valence-electron chi connectivity index (χ4n) is 2.51. The molecule has 2 heterocycles. The van der Waals surface area contributed by atoms with Crippen molar-refractivity contribution in [2.45, 2.75) is 37.8 Å². The van der Waals surface area contributed by atoms with Crippen LogP contribution in [0.3, 0.4) is 0 Å². The van der Waals surface area contributed by atoms with Gasteiger partial charge in [-0.25, -0.2) is 9.59 Å². The Hall–Kier alpha value is -2.15. The van der Waals surface area contributed by atoms with E-state index >= 15 is 0 Å². The lowest BCUT2D eigenvalue weighted by molar-refractivity contribution is -0.134. The molecule has 1 amide bonds. The average molecular weight is 310 g/mol. The van der Waals surface area contributed by atoms with Crippen LogP contribution in [0.5, 0.6) is 0 Å². The molecule has 2 atom stereocenters. The van der Waals surface area contributed by atoms with Crippen LogP contribution in [-0.2, 0) is 14.4 Å². The Bertz CT molecular complexity index is 480.